The Kier molecular flexibility index (Phi) is 6.02. The first kappa shape index (κ1) is 29.3. The van der Waals surface area contributed by atoms with Crippen LogP contribution in [0.3, 0.4) is 0 Å². The Morgan fingerprint density at radius 3 is 1.65 bits per heavy atom. The lowest BCUT2D eigenvalue weighted by Gasteiger charge is -2.18. The minimum Gasteiger partial charge on any atom is -0.455 e. The molecule has 4 aromatic heterocycles. The zero-order chi connectivity index (χ0) is 35.3. The molecule has 0 atom stereocenters. The van der Waals surface area contributed by atoms with Crippen molar-refractivity contribution in [1.29, 1.82) is 0 Å². The molecule has 4 heterocycles. The normalized spacial score (nSPS) is 12.1. The monoisotopic (exact) mass is 689 g/mol. The van der Waals surface area contributed by atoms with Crippen LogP contribution in [0.25, 0.3) is 105 Å². The summed E-state index contributed by atoms with van der Waals surface area (Å²) in [4.78, 5) is 0. The fourth-order valence-corrected chi connectivity index (χ4v) is 8.99. The smallest absolute Gasteiger partial charge is 0.143 e. The number of nitrogens with zero attached hydrogens (tertiary/aromatic N) is 3. The van der Waals surface area contributed by atoms with Gasteiger partial charge < -0.3 is 8.98 Å². The predicted molar refractivity (Wildman–Crippen MR) is 225 cm³/mol. The van der Waals surface area contributed by atoms with E-state index in [1.807, 2.05) is 6.07 Å². The second-order valence-electron chi connectivity index (χ2n) is 14.1. The van der Waals surface area contributed by atoms with Crippen LogP contribution in [-0.2, 0) is 0 Å². The van der Waals surface area contributed by atoms with Crippen molar-refractivity contribution in [1.82, 2.24) is 13.7 Å². The highest BCUT2D eigenvalue weighted by Crippen LogP contribution is 2.44. The van der Waals surface area contributed by atoms with E-state index >= 15 is 0 Å². The molecule has 8 aromatic carbocycles. The lowest BCUT2D eigenvalue weighted by Crippen LogP contribution is -2.06. The van der Waals surface area contributed by atoms with Gasteiger partial charge in [-0.05, 0) is 60.2 Å². The minimum absolute atomic E-state index is 0.904. The standard InChI is InChI=1S/C50H31N3O/c1-2-15-33(16-3-1)51-46-31-32(34-21-14-22-38-37-19-7-13-28-47(37)54-49(34)38)29-30-40(46)48-39-20-6-10-25-43(39)53(50(48)51)45-27-12-11-26-44(45)52-41-23-8-4-17-35(41)36-18-5-9-24-42(36)52/h1-31H. The van der Waals surface area contributed by atoms with Crippen LogP contribution in [-0.4, -0.2) is 13.7 Å². The number of furan rings is 1. The van der Waals surface area contributed by atoms with E-state index in [0.717, 1.165) is 61.3 Å². The molecule has 0 saturated carbocycles. The van der Waals surface area contributed by atoms with E-state index < -0.39 is 0 Å². The van der Waals surface area contributed by atoms with Crippen LogP contribution in [0.2, 0.25) is 0 Å². The number of hydrogen-bond acceptors (Lipinski definition) is 1. The molecule has 4 nitrogen and oxygen atoms in total. The Bertz CT molecular complexity index is 3390. The quantitative estimate of drug-likeness (QED) is 0.181. The summed E-state index contributed by atoms with van der Waals surface area (Å²) in [6.07, 6.45) is 0. The molecule has 0 spiro atoms. The molecule has 0 aliphatic heterocycles. The molecule has 0 saturated heterocycles. The van der Waals surface area contributed by atoms with Gasteiger partial charge in [-0.1, -0.05) is 133 Å². The molecular formula is C50H31N3O. The molecular weight excluding hydrogens is 659 g/mol. The van der Waals surface area contributed by atoms with Crippen molar-refractivity contribution in [3.63, 3.8) is 0 Å². The van der Waals surface area contributed by atoms with Gasteiger partial charge in [-0.25, -0.2) is 0 Å². The number of aromatic nitrogens is 3. The molecule has 54 heavy (non-hydrogen) atoms. The first-order chi connectivity index (χ1) is 26.8. The summed E-state index contributed by atoms with van der Waals surface area (Å²) in [6.45, 7) is 0. The summed E-state index contributed by atoms with van der Waals surface area (Å²) in [5, 5.41) is 8.42. The van der Waals surface area contributed by atoms with Gasteiger partial charge >= 0.3 is 0 Å². The van der Waals surface area contributed by atoms with Gasteiger partial charge in [0.1, 0.15) is 16.8 Å². The highest BCUT2D eigenvalue weighted by molar-refractivity contribution is 6.23. The zero-order valence-corrected chi connectivity index (χ0v) is 29.1. The maximum Gasteiger partial charge on any atom is 0.143 e. The van der Waals surface area contributed by atoms with Crippen molar-refractivity contribution < 1.29 is 4.42 Å². The molecule has 12 aromatic rings. The van der Waals surface area contributed by atoms with E-state index in [1.165, 1.54) is 43.5 Å². The Labute approximate surface area is 309 Å². The number of benzene rings is 8. The molecule has 0 radical (unpaired) electrons. The largest absolute Gasteiger partial charge is 0.455 e. The molecule has 0 bridgehead atoms. The van der Waals surface area contributed by atoms with E-state index in [2.05, 4.69) is 196 Å². The predicted octanol–water partition coefficient (Wildman–Crippen LogP) is 13.4. The molecule has 252 valence electrons. The number of fused-ring (bicyclic) bond motifs is 11. The molecule has 0 fully saturated rings. The Balaban J connectivity index is 1.21. The van der Waals surface area contributed by atoms with Gasteiger partial charge in [0.05, 0.1) is 33.4 Å². The van der Waals surface area contributed by atoms with Crippen molar-refractivity contribution in [2.45, 2.75) is 0 Å². The van der Waals surface area contributed by atoms with E-state index in [4.69, 9.17) is 4.42 Å². The fraction of sp³-hybridized carbons (Fsp3) is 0. The minimum atomic E-state index is 0.904. The number of hydrogen-bond donors (Lipinski definition) is 0. The Morgan fingerprint density at radius 1 is 0.352 bits per heavy atom. The Morgan fingerprint density at radius 2 is 0.907 bits per heavy atom. The maximum atomic E-state index is 6.54. The van der Waals surface area contributed by atoms with Gasteiger partial charge in [-0.15, -0.1) is 0 Å². The average Bonchev–Trinajstić information content (AvgIpc) is 3.97. The van der Waals surface area contributed by atoms with Crippen LogP contribution in [0.15, 0.2) is 192 Å². The van der Waals surface area contributed by atoms with Crippen molar-refractivity contribution in [3.8, 4) is 28.2 Å². The topological polar surface area (TPSA) is 27.9 Å². The zero-order valence-electron chi connectivity index (χ0n) is 29.1. The molecule has 0 amide bonds. The van der Waals surface area contributed by atoms with Crippen LogP contribution in [0.4, 0.5) is 0 Å². The number of rotatable bonds is 4. The molecule has 0 unspecified atom stereocenters. The molecule has 0 aliphatic carbocycles. The van der Waals surface area contributed by atoms with Crippen molar-refractivity contribution in [3.05, 3.63) is 188 Å². The van der Waals surface area contributed by atoms with Gasteiger partial charge in [-0.2, -0.15) is 0 Å². The van der Waals surface area contributed by atoms with E-state index in [0.29, 0.717) is 0 Å². The summed E-state index contributed by atoms with van der Waals surface area (Å²) >= 11 is 0. The van der Waals surface area contributed by atoms with Crippen LogP contribution < -0.4 is 0 Å². The van der Waals surface area contributed by atoms with Crippen molar-refractivity contribution in [2.75, 3.05) is 0 Å². The van der Waals surface area contributed by atoms with Crippen LogP contribution in [0, 0.1) is 0 Å². The van der Waals surface area contributed by atoms with Gasteiger partial charge in [0.15, 0.2) is 0 Å². The summed E-state index contributed by atoms with van der Waals surface area (Å²) in [7, 11) is 0. The van der Waals surface area contributed by atoms with Gasteiger partial charge in [0, 0.05) is 49.0 Å². The summed E-state index contributed by atoms with van der Waals surface area (Å²) in [5.41, 5.74) is 13.2. The van der Waals surface area contributed by atoms with Crippen LogP contribution in [0.1, 0.15) is 0 Å². The third-order valence-electron chi connectivity index (χ3n) is 11.2. The molecule has 12 rings (SSSR count). The third-order valence-corrected chi connectivity index (χ3v) is 11.2. The van der Waals surface area contributed by atoms with Crippen LogP contribution in [0.5, 0.6) is 0 Å². The highest BCUT2D eigenvalue weighted by atomic mass is 16.3. The fourth-order valence-electron chi connectivity index (χ4n) is 8.99. The summed E-state index contributed by atoms with van der Waals surface area (Å²) < 4.78 is 13.9. The van der Waals surface area contributed by atoms with Crippen molar-refractivity contribution in [2.24, 2.45) is 0 Å². The third kappa shape index (κ3) is 3.97. The summed E-state index contributed by atoms with van der Waals surface area (Å²) in [6, 6.07) is 67.7. The average molecular weight is 690 g/mol. The lowest BCUT2D eigenvalue weighted by atomic mass is 10.0. The SMILES string of the molecule is c1ccc(-n2c3cc(-c4cccc5c4oc4ccccc45)ccc3c3c4ccccc4n(-c4ccccc4-n4c5ccccc5c5ccccc54)c32)cc1. The first-order valence-electron chi connectivity index (χ1n) is 18.5. The summed E-state index contributed by atoms with van der Waals surface area (Å²) in [5.74, 6) is 0. The molecule has 4 heteroatoms. The Hall–Kier alpha value is -7.30. The van der Waals surface area contributed by atoms with E-state index in [1.54, 1.807) is 0 Å². The maximum absolute atomic E-state index is 6.54. The lowest BCUT2D eigenvalue weighted by molar-refractivity contribution is 0.670. The number of para-hydroxylation sites is 8. The first-order valence-corrected chi connectivity index (χ1v) is 18.5. The van der Waals surface area contributed by atoms with E-state index in [9.17, 15) is 0 Å². The van der Waals surface area contributed by atoms with Gasteiger partial charge in [-0.3, -0.25) is 9.13 Å². The van der Waals surface area contributed by atoms with Crippen molar-refractivity contribution >= 4 is 76.6 Å². The van der Waals surface area contributed by atoms with Gasteiger partial charge in [0.25, 0.3) is 0 Å². The highest BCUT2D eigenvalue weighted by Gasteiger charge is 2.25. The van der Waals surface area contributed by atoms with E-state index in [-0.39, 0.29) is 0 Å². The second kappa shape index (κ2) is 11.1. The molecule has 0 N–H and O–H groups in total. The molecule has 0 aliphatic rings. The van der Waals surface area contributed by atoms with Gasteiger partial charge in [0.2, 0.25) is 0 Å². The van der Waals surface area contributed by atoms with Crippen LogP contribution >= 0.6 is 0 Å². The second-order valence-corrected chi connectivity index (χ2v) is 14.1.